The minimum Gasteiger partial charge on any atom is -0.490 e. The summed E-state index contributed by atoms with van der Waals surface area (Å²) in [7, 11) is 0. The average Bonchev–Trinajstić information content (AvgIpc) is 2.92. The van der Waals surface area contributed by atoms with E-state index in [1.54, 1.807) is 42.5 Å². The largest absolute Gasteiger partial charge is 0.490 e. The molecule has 0 radical (unpaired) electrons. The summed E-state index contributed by atoms with van der Waals surface area (Å²) in [5.74, 6) is -0.482. The number of carbonyl (C=O) groups excluding carboxylic acids is 1. The first-order valence-corrected chi connectivity index (χ1v) is 12.5. The first-order valence-electron chi connectivity index (χ1n) is 12.5. The highest BCUT2D eigenvalue weighted by Crippen LogP contribution is 2.39. The maximum Gasteiger partial charge on any atom is 0.335 e. The Balaban J connectivity index is 1.58. The monoisotopic (exact) mass is 495 g/mol. The van der Waals surface area contributed by atoms with Crippen LogP contribution in [0, 0.1) is 0 Å². The molecule has 1 fully saturated rings. The lowest BCUT2D eigenvalue weighted by Gasteiger charge is -2.33. The van der Waals surface area contributed by atoms with Crippen molar-refractivity contribution in [1.82, 2.24) is 0 Å². The van der Waals surface area contributed by atoms with E-state index in [9.17, 15) is 14.7 Å². The van der Waals surface area contributed by atoms with Gasteiger partial charge in [0, 0.05) is 16.5 Å². The number of benzene rings is 4. The Kier molecular flexibility index (Phi) is 6.82. The highest BCUT2D eigenvalue weighted by atomic mass is 16.5. The third-order valence-corrected chi connectivity index (χ3v) is 7.00. The highest BCUT2D eigenvalue weighted by molar-refractivity contribution is 5.93. The van der Waals surface area contributed by atoms with Crippen LogP contribution in [0.2, 0.25) is 0 Å². The molecule has 1 saturated carbocycles. The van der Waals surface area contributed by atoms with Gasteiger partial charge in [0.2, 0.25) is 5.60 Å². The predicted molar refractivity (Wildman–Crippen MR) is 142 cm³/mol. The van der Waals surface area contributed by atoms with Gasteiger partial charge in [-0.05, 0) is 67.5 Å². The van der Waals surface area contributed by atoms with Crippen LogP contribution in [0.1, 0.15) is 53.6 Å². The lowest BCUT2D eigenvalue weighted by Crippen LogP contribution is -2.47. The van der Waals surface area contributed by atoms with Crippen molar-refractivity contribution in [2.45, 2.75) is 43.8 Å². The number of carbonyl (C=O) groups is 2. The van der Waals surface area contributed by atoms with Crippen molar-refractivity contribution in [2.24, 2.45) is 5.73 Å². The summed E-state index contributed by atoms with van der Waals surface area (Å²) in [6, 6.07) is 26.5. The Morgan fingerprint density at radius 2 is 1.51 bits per heavy atom. The van der Waals surface area contributed by atoms with Gasteiger partial charge in [-0.2, -0.15) is 0 Å². The summed E-state index contributed by atoms with van der Waals surface area (Å²) in [6.07, 6.45) is 6.02. The molecular weight excluding hydrogens is 466 g/mol. The van der Waals surface area contributed by atoms with Crippen LogP contribution >= 0.6 is 0 Å². The zero-order valence-corrected chi connectivity index (χ0v) is 20.4. The van der Waals surface area contributed by atoms with E-state index in [1.165, 1.54) is 31.4 Å². The molecule has 4 aromatic carbocycles. The molecule has 1 unspecified atom stereocenters. The summed E-state index contributed by atoms with van der Waals surface area (Å²) in [5, 5.41) is 11.1. The van der Waals surface area contributed by atoms with Crippen LogP contribution in [0.4, 0.5) is 0 Å². The fraction of sp³-hybridized carbons (Fsp3) is 0.226. The number of hydrogen-bond donors (Lipinski definition) is 2. The van der Waals surface area contributed by atoms with Crippen LogP contribution in [0.15, 0.2) is 91.0 Å². The molecule has 1 amide bonds. The molecule has 3 N–H and O–H groups in total. The van der Waals surface area contributed by atoms with Crippen molar-refractivity contribution in [2.75, 3.05) is 0 Å². The topological polar surface area (TPSA) is 98.9 Å². The van der Waals surface area contributed by atoms with E-state index < -0.39 is 17.5 Å². The molecule has 1 aliphatic carbocycles. The molecule has 5 rings (SSSR count). The van der Waals surface area contributed by atoms with Gasteiger partial charge in [0.25, 0.3) is 5.91 Å². The number of nitrogens with two attached hydrogens (primary N) is 1. The van der Waals surface area contributed by atoms with E-state index in [2.05, 4.69) is 0 Å². The van der Waals surface area contributed by atoms with Crippen LogP contribution in [0.25, 0.3) is 10.8 Å². The molecular formula is C31H29NO5. The number of fused-ring (bicyclic) bond motifs is 1. The Morgan fingerprint density at radius 3 is 2.19 bits per heavy atom. The summed E-state index contributed by atoms with van der Waals surface area (Å²) in [5.41, 5.74) is 5.46. The Morgan fingerprint density at radius 1 is 0.811 bits per heavy atom. The summed E-state index contributed by atoms with van der Waals surface area (Å²) in [6.45, 7) is 0. The number of rotatable bonds is 8. The Hall–Kier alpha value is -4.32. The molecule has 0 heterocycles. The Bertz CT molecular complexity index is 1410. The second-order valence-electron chi connectivity index (χ2n) is 9.41. The van der Waals surface area contributed by atoms with Crippen LogP contribution in [0.5, 0.6) is 11.5 Å². The van der Waals surface area contributed by atoms with Crippen molar-refractivity contribution in [3.05, 3.63) is 108 Å². The van der Waals surface area contributed by atoms with Gasteiger partial charge in [-0.25, -0.2) is 4.79 Å². The zero-order chi connectivity index (χ0) is 25.8. The fourth-order valence-corrected chi connectivity index (χ4v) is 5.07. The first kappa shape index (κ1) is 24.4. The van der Waals surface area contributed by atoms with E-state index in [-0.39, 0.29) is 11.7 Å². The minimum absolute atomic E-state index is 0.103. The lowest BCUT2D eigenvalue weighted by molar-refractivity contribution is -0.130. The second kappa shape index (κ2) is 10.3. The molecule has 0 aliphatic heterocycles. The number of ether oxygens (including phenoxy) is 2. The van der Waals surface area contributed by atoms with Gasteiger partial charge in [0.1, 0.15) is 11.5 Å². The maximum absolute atomic E-state index is 13.2. The molecule has 4 aromatic rings. The molecule has 188 valence electrons. The molecule has 6 nitrogen and oxygen atoms in total. The highest BCUT2D eigenvalue weighted by Gasteiger charge is 2.43. The number of primary amides is 1. The van der Waals surface area contributed by atoms with Gasteiger partial charge in [0.15, 0.2) is 0 Å². The summed E-state index contributed by atoms with van der Waals surface area (Å²) in [4.78, 5) is 24.6. The third kappa shape index (κ3) is 4.87. The van der Waals surface area contributed by atoms with E-state index in [1.807, 2.05) is 36.4 Å². The van der Waals surface area contributed by atoms with Crippen molar-refractivity contribution >= 4 is 22.6 Å². The molecule has 0 aromatic heterocycles. The van der Waals surface area contributed by atoms with Crippen LogP contribution in [0.3, 0.4) is 0 Å². The number of hydrogen-bond acceptors (Lipinski definition) is 4. The molecule has 1 aliphatic rings. The van der Waals surface area contributed by atoms with Gasteiger partial charge in [0.05, 0.1) is 11.7 Å². The predicted octanol–water partition coefficient (Wildman–Crippen LogP) is 6.06. The van der Waals surface area contributed by atoms with Crippen molar-refractivity contribution in [3.63, 3.8) is 0 Å². The number of amides is 1. The quantitative estimate of drug-likeness (QED) is 0.310. The zero-order valence-electron chi connectivity index (χ0n) is 20.4. The van der Waals surface area contributed by atoms with Gasteiger partial charge in [-0.3, -0.25) is 4.79 Å². The number of aromatic carboxylic acids is 1. The molecule has 0 bridgehead atoms. The lowest BCUT2D eigenvalue weighted by atomic mass is 9.84. The van der Waals surface area contributed by atoms with E-state index in [4.69, 9.17) is 15.2 Å². The van der Waals surface area contributed by atoms with Gasteiger partial charge in [-0.15, -0.1) is 0 Å². The number of carboxylic acids is 1. The van der Waals surface area contributed by atoms with Crippen LogP contribution < -0.4 is 15.2 Å². The van der Waals surface area contributed by atoms with E-state index in [0.29, 0.717) is 16.9 Å². The SMILES string of the molecule is NC(=O)C(Oc1cccc2cc(OC3CCCCC3)ccc12)(c1ccccc1)c1ccc(C(=O)O)cc1. The van der Waals surface area contributed by atoms with Crippen LogP contribution in [-0.2, 0) is 10.4 Å². The molecule has 0 saturated heterocycles. The van der Waals surface area contributed by atoms with E-state index >= 15 is 0 Å². The molecule has 0 spiro atoms. The maximum atomic E-state index is 13.2. The number of carboxylic acid groups (broad SMARTS) is 1. The Labute approximate surface area is 215 Å². The first-order chi connectivity index (χ1) is 18.0. The van der Waals surface area contributed by atoms with Crippen molar-refractivity contribution < 1.29 is 24.2 Å². The smallest absolute Gasteiger partial charge is 0.335 e. The van der Waals surface area contributed by atoms with Gasteiger partial charge >= 0.3 is 5.97 Å². The van der Waals surface area contributed by atoms with Crippen LogP contribution in [-0.4, -0.2) is 23.1 Å². The molecule has 1 atom stereocenters. The second-order valence-corrected chi connectivity index (χ2v) is 9.41. The standard InChI is InChI=1S/C31H29NO5/c32-30(35)31(23-9-3-1-4-10-23,24-16-14-21(15-17-24)29(33)34)37-28-13-7-8-22-20-26(18-19-27(22)28)36-25-11-5-2-6-12-25/h1,3-4,7-10,13-20,25H,2,5-6,11-12H2,(H2,32,35)(H,33,34). The average molecular weight is 496 g/mol. The third-order valence-electron chi connectivity index (χ3n) is 7.00. The van der Waals surface area contributed by atoms with Gasteiger partial charge in [-0.1, -0.05) is 61.0 Å². The molecule has 37 heavy (non-hydrogen) atoms. The van der Waals surface area contributed by atoms with E-state index in [0.717, 1.165) is 29.4 Å². The molecule has 6 heteroatoms. The minimum atomic E-state index is -1.68. The normalized spacial score (nSPS) is 15.6. The van der Waals surface area contributed by atoms with Gasteiger partial charge < -0.3 is 20.3 Å². The summed E-state index contributed by atoms with van der Waals surface area (Å²) >= 11 is 0. The van der Waals surface area contributed by atoms with Crippen molar-refractivity contribution in [3.8, 4) is 11.5 Å². The summed E-state index contributed by atoms with van der Waals surface area (Å²) < 4.78 is 12.8. The van der Waals surface area contributed by atoms with Crippen molar-refractivity contribution in [1.29, 1.82) is 0 Å². The fourth-order valence-electron chi connectivity index (χ4n) is 5.07.